The predicted octanol–water partition coefficient (Wildman–Crippen LogP) is 2.94. The molecule has 0 saturated carbocycles. The largest absolute Gasteiger partial charge is 0.461 e. The van der Waals surface area contributed by atoms with Crippen LogP contribution in [0, 0.1) is 0 Å². The van der Waals surface area contributed by atoms with Crippen molar-refractivity contribution in [1.82, 2.24) is 9.55 Å². The molecule has 0 aliphatic rings. The number of nitrogens with zero attached hydrogens (tertiary/aromatic N) is 2. The number of halogens is 2. The molecule has 0 atom stereocenters. The lowest BCUT2D eigenvalue weighted by molar-refractivity contribution is 0.0521. The highest BCUT2D eigenvalue weighted by Crippen LogP contribution is 2.30. The molecule has 0 aliphatic heterocycles. The number of esters is 1. The third kappa shape index (κ3) is 2.52. The predicted molar refractivity (Wildman–Crippen MR) is 74.0 cm³/mol. The van der Waals surface area contributed by atoms with E-state index in [1.54, 1.807) is 25.1 Å². The molecule has 1 aromatic carbocycles. The number of aromatic nitrogens is 2. The van der Waals surface area contributed by atoms with Crippen molar-refractivity contribution >= 4 is 35.0 Å². The average molecular weight is 300 g/mol. The van der Waals surface area contributed by atoms with Gasteiger partial charge in [0.05, 0.1) is 22.3 Å². The number of ether oxygens (including phenoxy) is 1. The minimum Gasteiger partial charge on any atom is -0.461 e. The Bertz CT molecular complexity index is 625. The zero-order valence-electron chi connectivity index (χ0n) is 10.1. The normalized spacial score (nSPS) is 10.5. The summed E-state index contributed by atoms with van der Waals surface area (Å²) >= 11 is 12.0. The Hall–Kier alpha value is -1.72. The molecule has 0 radical (unpaired) electrons. The van der Waals surface area contributed by atoms with Crippen LogP contribution < -0.4 is 5.73 Å². The minimum atomic E-state index is -0.572. The fourth-order valence-corrected chi connectivity index (χ4v) is 1.97. The van der Waals surface area contributed by atoms with Gasteiger partial charge < -0.3 is 10.5 Å². The van der Waals surface area contributed by atoms with E-state index in [-0.39, 0.29) is 18.1 Å². The van der Waals surface area contributed by atoms with E-state index in [1.165, 1.54) is 10.9 Å². The van der Waals surface area contributed by atoms with Crippen LogP contribution in [0.25, 0.3) is 5.69 Å². The topological polar surface area (TPSA) is 70.1 Å². The first-order chi connectivity index (χ1) is 9.06. The van der Waals surface area contributed by atoms with Crippen molar-refractivity contribution in [2.45, 2.75) is 6.92 Å². The van der Waals surface area contributed by atoms with Crippen molar-refractivity contribution in [3.05, 3.63) is 40.3 Å². The van der Waals surface area contributed by atoms with Crippen molar-refractivity contribution < 1.29 is 9.53 Å². The summed E-state index contributed by atoms with van der Waals surface area (Å²) in [5.41, 5.74) is 6.49. The zero-order chi connectivity index (χ0) is 14.0. The molecule has 0 fully saturated rings. The third-order valence-electron chi connectivity index (χ3n) is 2.46. The van der Waals surface area contributed by atoms with Crippen molar-refractivity contribution in [2.75, 3.05) is 12.3 Å². The third-order valence-corrected chi connectivity index (χ3v) is 3.27. The standard InChI is InChI=1S/C12H11Cl2N3O2/c1-2-19-12(18)10-11(15)17(6-16-10)8-5-3-4-7(13)9(8)14/h3-6H,2,15H2,1H3. The second-order valence-electron chi connectivity index (χ2n) is 3.64. The maximum Gasteiger partial charge on any atom is 0.360 e. The lowest BCUT2D eigenvalue weighted by Crippen LogP contribution is -2.09. The van der Waals surface area contributed by atoms with Crippen LogP contribution in [0.5, 0.6) is 0 Å². The van der Waals surface area contributed by atoms with Crippen LogP contribution in [-0.4, -0.2) is 22.1 Å². The molecule has 2 aromatic rings. The number of rotatable bonds is 3. The summed E-state index contributed by atoms with van der Waals surface area (Å²) in [7, 11) is 0. The van der Waals surface area contributed by atoms with Gasteiger partial charge in [0.15, 0.2) is 5.69 Å². The number of anilines is 1. The first-order valence-electron chi connectivity index (χ1n) is 5.50. The van der Waals surface area contributed by atoms with Gasteiger partial charge in [-0.05, 0) is 19.1 Å². The van der Waals surface area contributed by atoms with Gasteiger partial charge in [-0.15, -0.1) is 0 Å². The van der Waals surface area contributed by atoms with E-state index >= 15 is 0 Å². The van der Waals surface area contributed by atoms with Crippen LogP contribution in [0.1, 0.15) is 17.4 Å². The van der Waals surface area contributed by atoms with E-state index in [0.717, 1.165) is 0 Å². The van der Waals surface area contributed by atoms with Gasteiger partial charge in [0.2, 0.25) is 0 Å². The summed E-state index contributed by atoms with van der Waals surface area (Å²) in [5.74, 6) is -0.417. The molecule has 2 rings (SSSR count). The monoisotopic (exact) mass is 299 g/mol. The number of hydrogen-bond acceptors (Lipinski definition) is 4. The van der Waals surface area contributed by atoms with Gasteiger partial charge in [-0.1, -0.05) is 29.3 Å². The highest BCUT2D eigenvalue weighted by molar-refractivity contribution is 6.43. The van der Waals surface area contributed by atoms with Crippen LogP contribution in [-0.2, 0) is 4.74 Å². The smallest absolute Gasteiger partial charge is 0.360 e. The quantitative estimate of drug-likeness (QED) is 0.885. The van der Waals surface area contributed by atoms with Gasteiger partial charge in [0, 0.05) is 0 Å². The number of nitrogen functional groups attached to an aromatic ring is 1. The van der Waals surface area contributed by atoms with Gasteiger partial charge in [-0.25, -0.2) is 9.78 Å². The van der Waals surface area contributed by atoms with Gasteiger partial charge >= 0.3 is 5.97 Å². The zero-order valence-corrected chi connectivity index (χ0v) is 11.6. The summed E-state index contributed by atoms with van der Waals surface area (Å²) < 4.78 is 6.34. The molecule has 0 unspecified atom stereocenters. The Morgan fingerprint density at radius 1 is 1.47 bits per heavy atom. The van der Waals surface area contributed by atoms with E-state index in [4.69, 9.17) is 33.7 Å². The lowest BCUT2D eigenvalue weighted by Gasteiger charge is -2.08. The Balaban J connectivity index is 2.48. The Morgan fingerprint density at radius 3 is 2.89 bits per heavy atom. The Morgan fingerprint density at radius 2 is 2.21 bits per heavy atom. The molecule has 19 heavy (non-hydrogen) atoms. The second-order valence-corrected chi connectivity index (χ2v) is 4.43. The summed E-state index contributed by atoms with van der Waals surface area (Å²) in [4.78, 5) is 15.6. The molecule has 0 spiro atoms. The van der Waals surface area contributed by atoms with Crippen molar-refractivity contribution in [2.24, 2.45) is 0 Å². The SMILES string of the molecule is CCOC(=O)c1ncn(-c2cccc(Cl)c2Cl)c1N. The van der Waals surface area contributed by atoms with E-state index in [1.807, 2.05) is 0 Å². The fraction of sp³-hybridized carbons (Fsp3) is 0.167. The number of imidazole rings is 1. The average Bonchev–Trinajstić information content (AvgIpc) is 2.75. The number of carbonyl (C=O) groups excluding carboxylic acids is 1. The van der Waals surface area contributed by atoms with Crippen LogP contribution in [0.2, 0.25) is 10.0 Å². The van der Waals surface area contributed by atoms with Crippen molar-refractivity contribution in [3.8, 4) is 5.69 Å². The summed E-state index contributed by atoms with van der Waals surface area (Å²) in [6, 6.07) is 5.11. The van der Waals surface area contributed by atoms with Crippen molar-refractivity contribution in [1.29, 1.82) is 0 Å². The molecule has 7 heteroatoms. The van der Waals surface area contributed by atoms with Gasteiger partial charge in [0.1, 0.15) is 12.1 Å². The van der Waals surface area contributed by atoms with E-state index in [2.05, 4.69) is 4.98 Å². The minimum absolute atomic E-state index is 0.0536. The van der Waals surface area contributed by atoms with Crippen LogP contribution in [0.15, 0.2) is 24.5 Å². The van der Waals surface area contributed by atoms with E-state index in [9.17, 15) is 4.79 Å². The van der Waals surface area contributed by atoms with Crippen LogP contribution in [0.3, 0.4) is 0 Å². The first kappa shape index (κ1) is 13.7. The maximum absolute atomic E-state index is 11.6. The number of carbonyl (C=O) groups is 1. The number of nitrogens with two attached hydrogens (primary N) is 1. The van der Waals surface area contributed by atoms with Crippen LogP contribution >= 0.6 is 23.2 Å². The molecule has 100 valence electrons. The van der Waals surface area contributed by atoms with Gasteiger partial charge in [-0.2, -0.15) is 0 Å². The van der Waals surface area contributed by atoms with E-state index in [0.29, 0.717) is 15.7 Å². The first-order valence-corrected chi connectivity index (χ1v) is 6.26. The highest BCUT2D eigenvalue weighted by Gasteiger charge is 2.19. The number of benzene rings is 1. The molecule has 1 aromatic heterocycles. The Kier molecular flexibility index (Phi) is 3.97. The fourth-order valence-electron chi connectivity index (χ4n) is 1.59. The number of hydrogen-bond donors (Lipinski definition) is 1. The molecule has 1 heterocycles. The molecule has 0 saturated heterocycles. The molecule has 0 amide bonds. The highest BCUT2D eigenvalue weighted by atomic mass is 35.5. The molecule has 0 bridgehead atoms. The summed E-state index contributed by atoms with van der Waals surface area (Å²) in [6.45, 7) is 1.96. The Labute approximate surface area is 119 Å². The maximum atomic E-state index is 11.6. The molecular formula is C12H11Cl2N3O2. The van der Waals surface area contributed by atoms with Gasteiger partial charge in [0.25, 0.3) is 0 Å². The second kappa shape index (κ2) is 5.50. The van der Waals surface area contributed by atoms with Gasteiger partial charge in [-0.3, -0.25) is 4.57 Å². The molecule has 5 nitrogen and oxygen atoms in total. The molecule has 2 N–H and O–H groups in total. The van der Waals surface area contributed by atoms with Crippen LogP contribution in [0.4, 0.5) is 5.82 Å². The lowest BCUT2D eigenvalue weighted by atomic mass is 10.3. The van der Waals surface area contributed by atoms with Crippen molar-refractivity contribution in [3.63, 3.8) is 0 Å². The molecular weight excluding hydrogens is 289 g/mol. The summed E-state index contributed by atoms with van der Waals surface area (Å²) in [6.07, 6.45) is 1.40. The summed E-state index contributed by atoms with van der Waals surface area (Å²) in [5, 5.41) is 0.730. The molecule has 0 aliphatic carbocycles. The van der Waals surface area contributed by atoms with E-state index < -0.39 is 5.97 Å².